The summed E-state index contributed by atoms with van der Waals surface area (Å²) in [7, 11) is 2.04. The number of nitrogens with zero attached hydrogens (tertiary/aromatic N) is 3. The Morgan fingerprint density at radius 3 is 2.59 bits per heavy atom. The van der Waals surface area contributed by atoms with Crippen molar-refractivity contribution < 1.29 is 0 Å². The zero-order chi connectivity index (χ0) is 12.4. The van der Waals surface area contributed by atoms with E-state index in [-0.39, 0.29) is 0 Å². The topological polar surface area (TPSA) is 21.1 Å². The van der Waals surface area contributed by atoms with E-state index in [0.29, 0.717) is 4.83 Å². The van der Waals surface area contributed by atoms with Gasteiger partial charge in [0.15, 0.2) is 0 Å². The molecular weight excluding hydrogens is 278 g/mol. The SMILES string of the molecule is Cc1cc(CN2CCC(C(C)Br)CC2)n(C)n1. The molecule has 4 heteroatoms. The van der Waals surface area contributed by atoms with E-state index in [4.69, 9.17) is 0 Å². The summed E-state index contributed by atoms with van der Waals surface area (Å²) in [6.45, 7) is 7.80. The van der Waals surface area contributed by atoms with Gasteiger partial charge < -0.3 is 0 Å². The van der Waals surface area contributed by atoms with Crippen LogP contribution in [0.25, 0.3) is 0 Å². The highest BCUT2D eigenvalue weighted by Gasteiger charge is 2.22. The molecule has 1 aromatic rings. The molecule has 0 spiro atoms. The lowest BCUT2D eigenvalue weighted by Crippen LogP contribution is -2.35. The van der Waals surface area contributed by atoms with E-state index >= 15 is 0 Å². The molecule has 0 bridgehead atoms. The molecule has 0 aliphatic carbocycles. The minimum absolute atomic E-state index is 0.656. The Hall–Kier alpha value is -0.350. The van der Waals surface area contributed by atoms with Crippen molar-refractivity contribution in [3.05, 3.63) is 17.5 Å². The second kappa shape index (κ2) is 5.53. The van der Waals surface area contributed by atoms with E-state index in [9.17, 15) is 0 Å². The van der Waals surface area contributed by atoms with Crippen molar-refractivity contribution in [1.29, 1.82) is 0 Å². The van der Waals surface area contributed by atoms with Gasteiger partial charge in [-0.25, -0.2) is 0 Å². The number of aromatic nitrogens is 2. The number of hydrogen-bond donors (Lipinski definition) is 0. The zero-order valence-electron chi connectivity index (χ0n) is 11.0. The van der Waals surface area contributed by atoms with Crippen molar-refractivity contribution >= 4 is 15.9 Å². The van der Waals surface area contributed by atoms with Crippen LogP contribution in [-0.2, 0) is 13.6 Å². The predicted octanol–water partition coefficient (Wildman–Crippen LogP) is 2.72. The number of rotatable bonds is 3. The predicted molar refractivity (Wildman–Crippen MR) is 74.3 cm³/mol. The largest absolute Gasteiger partial charge is 0.298 e. The van der Waals surface area contributed by atoms with E-state index in [1.165, 1.54) is 31.6 Å². The van der Waals surface area contributed by atoms with Crippen LogP contribution in [0.3, 0.4) is 0 Å². The molecule has 1 atom stereocenters. The van der Waals surface area contributed by atoms with Crippen molar-refractivity contribution in [2.24, 2.45) is 13.0 Å². The first-order valence-electron chi connectivity index (χ1n) is 6.42. The van der Waals surface area contributed by atoms with Gasteiger partial charge in [-0.2, -0.15) is 5.10 Å². The molecule has 1 saturated heterocycles. The molecule has 1 aliphatic heterocycles. The summed E-state index contributed by atoms with van der Waals surface area (Å²) in [5, 5.41) is 4.40. The molecule has 3 nitrogen and oxygen atoms in total. The summed E-state index contributed by atoms with van der Waals surface area (Å²) in [5.41, 5.74) is 2.44. The van der Waals surface area contributed by atoms with E-state index < -0.39 is 0 Å². The van der Waals surface area contributed by atoms with E-state index in [1.54, 1.807) is 0 Å². The first-order chi connectivity index (χ1) is 8.06. The van der Waals surface area contributed by atoms with Gasteiger partial charge in [0.25, 0.3) is 0 Å². The normalized spacial score (nSPS) is 20.7. The highest BCUT2D eigenvalue weighted by molar-refractivity contribution is 9.09. The molecule has 0 aromatic carbocycles. The fourth-order valence-electron chi connectivity index (χ4n) is 2.61. The van der Waals surface area contributed by atoms with Crippen molar-refractivity contribution in [3.63, 3.8) is 0 Å². The van der Waals surface area contributed by atoms with Crippen LogP contribution >= 0.6 is 15.9 Å². The van der Waals surface area contributed by atoms with Gasteiger partial charge in [0.05, 0.1) is 11.4 Å². The van der Waals surface area contributed by atoms with Gasteiger partial charge in [-0.05, 0) is 44.8 Å². The van der Waals surface area contributed by atoms with Gasteiger partial charge in [-0.1, -0.05) is 22.9 Å². The summed E-state index contributed by atoms with van der Waals surface area (Å²) in [5.74, 6) is 0.847. The number of halogens is 1. The molecule has 0 saturated carbocycles. The maximum Gasteiger partial charge on any atom is 0.0597 e. The zero-order valence-corrected chi connectivity index (χ0v) is 12.6. The van der Waals surface area contributed by atoms with Gasteiger partial charge in [-0.3, -0.25) is 9.58 Å². The van der Waals surface area contributed by atoms with Crippen LogP contribution in [-0.4, -0.2) is 32.6 Å². The first-order valence-corrected chi connectivity index (χ1v) is 7.34. The maximum absolute atomic E-state index is 4.40. The van der Waals surface area contributed by atoms with Crippen LogP contribution in [0.15, 0.2) is 6.07 Å². The summed E-state index contributed by atoms with van der Waals surface area (Å²) < 4.78 is 2.01. The molecule has 1 unspecified atom stereocenters. The molecule has 0 radical (unpaired) electrons. The Bertz CT molecular complexity index is 365. The average molecular weight is 300 g/mol. The van der Waals surface area contributed by atoms with Gasteiger partial charge in [-0.15, -0.1) is 0 Å². The third-order valence-electron chi connectivity index (χ3n) is 3.77. The van der Waals surface area contributed by atoms with Crippen LogP contribution in [0.1, 0.15) is 31.2 Å². The molecule has 2 heterocycles. The third-order valence-corrected chi connectivity index (χ3v) is 4.51. The van der Waals surface area contributed by atoms with Gasteiger partial charge in [0.1, 0.15) is 0 Å². The summed E-state index contributed by atoms with van der Waals surface area (Å²) in [6.07, 6.45) is 2.62. The number of hydrogen-bond acceptors (Lipinski definition) is 2. The van der Waals surface area contributed by atoms with Crippen LogP contribution in [0.4, 0.5) is 0 Å². The Kier molecular flexibility index (Phi) is 4.26. The van der Waals surface area contributed by atoms with Crippen LogP contribution in [0.5, 0.6) is 0 Å². The van der Waals surface area contributed by atoms with Gasteiger partial charge >= 0.3 is 0 Å². The standard InChI is InChI=1S/C13H22BrN3/c1-10-8-13(16(3)15-10)9-17-6-4-12(5-7-17)11(2)14/h8,11-12H,4-7,9H2,1-3H3. The molecule has 1 aliphatic rings. The Morgan fingerprint density at radius 1 is 1.47 bits per heavy atom. The highest BCUT2D eigenvalue weighted by Crippen LogP contribution is 2.25. The molecule has 1 aromatic heterocycles. The summed E-state index contributed by atoms with van der Waals surface area (Å²) in [6, 6.07) is 2.19. The number of aryl methyl sites for hydroxylation is 2. The van der Waals surface area contributed by atoms with E-state index in [1.807, 2.05) is 11.7 Å². The second-order valence-electron chi connectivity index (χ2n) is 5.19. The monoisotopic (exact) mass is 299 g/mol. The van der Waals surface area contributed by atoms with Crippen molar-refractivity contribution in [2.75, 3.05) is 13.1 Å². The highest BCUT2D eigenvalue weighted by atomic mass is 79.9. The molecule has 17 heavy (non-hydrogen) atoms. The fraction of sp³-hybridized carbons (Fsp3) is 0.769. The smallest absolute Gasteiger partial charge is 0.0597 e. The molecule has 0 amide bonds. The first kappa shape index (κ1) is 13.1. The number of piperidine rings is 1. The van der Waals surface area contributed by atoms with Crippen molar-refractivity contribution in [1.82, 2.24) is 14.7 Å². The minimum atomic E-state index is 0.656. The Morgan fingerprint density at radius 2 is 2.12 bits per heavy atom. The average Bonchev–Trinajstić information content (AvgIpc) is 2.58. The lowest BCUT2D eigenvalue weighted by atomic mass is 9.94. The van der Waals surface area contributed by atoms with E-state index in [0.717, 1.165) is 18.2 Å². The quantitative estimate of drug-likeness (QED) is 0.800. The van der Waals surface area contributed by atoms with Crippen molar-refractivity contribution in [2.45, 2.75) is 38.1 Å². The Balaban J connectivity index is 1.88. The van der Waals surface area contributed by atoms with Crippen molar-refractivity contribution in [3.8, 4) is 0 Å². The summed E-state index contributed by atoms with van der Waals surface area (Å²) >= 11 is 3.70. The fourth-order valence-corrected chi connectivity index (χ4v) is 3.14. The number of likely N-dealkylation sites (tertiary alicyclic amines) is 1. The van der Waals surface area contributed by atoms with Gasteiger partial charge in [0, 0.05) is 18.4 Å². The summed E-state index contributed by atoms with van der Waals surface area (Å²) in [4.78, 5) is 3.20. The third kappa shape index (κ3) is 3.32. The number of alkyl halides is 1. The maximum atomic E-state index is 4.40. The lowest BCUT2D eigenvalue weighted by Gasteiger charge is -2.33. The molecular formula is C13H22BrN3. The molecule has 0 N–H and O–H groups in total. The Labute approximate surface area is 112 Å². The minimum Gasteiger partial charge on any atom is -0.298 e. The molecule has 2 rings (SSSR count). The van der Waals surface area contributed by atoms with Crippen LogP contribution in [0.2, 0.25) is 0 Å². The van der Waals surface area contributed by atoms with Gasteiger partial charge in [0.2, 0.25) is 0 Å². The van der Waals surface area contributed by atoms with E-state index in [2.05, 4.69) is 45.8 Å². The molecule has 1 fully saturated rings. The van der Waals surface area contributed by atoms with Crippen LogP contribution < -0.4 is 0 Å². The molecule has 96 valence electrons. The second-order valence-corrected chi connectivity index (χ2v) is 6.64. The lowest BCUT2D eigenvalue weighted by molar-refractivity contribution is 0.174. The van der Waals surface area contributed by atoms with Crippen LogP contribution in [0, 0.1) is 12.8 Å².